The summed E-state index contributed by atoms with van der Waals surface area (Å²) in [5.41, 5.74) is 0. The lowest BCUT2D eigenvalue weighted by molar-refractivity contribution is -0.122. The molecule has 116 valence electrons. The van der Waals surface area contributed by atoms with Crippen molar-refractivity contribution in [2.75, 3.05) is 19.6 Å². The van der Waals surface area contributed by atoms with Crippen LogP contribution in [0.1, 0.15) is 36.4 Å². The van der Waals surface area contributed by atoms with Crippen LogP contribution >= 0.6 is 11.3 Å². The van der Waals surface area contributed by atoms with Crippen LogP contribution in [0, 0.1) is 0 Å². The zero-order valence-corrected chi connectivity index (χ0v) is 13.4. The molecule has 1 aliphatic rings. The highest BCUT2D eigenvalue weighted by molar-refractivity contribution is 7.12. The summed E-state index contributed by atoms with van der Waals surface area (Å²) in [6.45, 7) is 6.37. The number of amides is 2. The lowest BCUT2D eigenvalue weighted by atomic mass is 10.3. The first-order valence-corrected chi connectivity index (χ1v) is 8.36. The van der Waals surface area contributed by atoms with Crippen molar-refractivity contribution < 1.29 is 9.59 Å². The maximum atomic E-state index is 12.0. The van der Waals surface area contributed by atoms with Gasteiger partial charge in [-0.3, -0.25) is 14.5 Å². The van der Waals surface area contributed by atoms with Gasteiger partial charge in [-0.05, 0) is 37.8 Å². The third kappa shape index (κ3) is 4.82. The van der Waals surface area contributed by atoms with E-state index >= 15 is 0 Å². The van der Waals surface area contributed by atoms with Gasteiger partial charge in [-0.15, -0.1) is 11.3 Å². The molecule has 1 heterocycles. The number of thiophene rings is 1. The highest BCUT2D eigenvalue weighted by atomic mass is 32.1. The fourth-order valence-electron chi connectivity index (χ4n) is 2.26. The second-order valence-corrected chi connectivity index (χ2v) is 6.27. The van der Waals surface area contributed by atoms with E-state index in [9.17, 15) is 9.59 Å². The highest BCUT2D eigenvalue weighted by Crippen LogP contribution is 2.25. The van der Waals surface area contributed by atoms with Gasteiger partial charge >= 0.3 is 0 Å². The topological polar surface area (TPSA) is 61.4 Å². The SMILES string of the molecule is CCN(CCNC(=O)C(C)NC(=O)c1cccs1)C1CC1. The summed E-state index contributed by atoms with van der Waals surface area (Å²) in [5, 5.41) is 7.45. The van der Waals surface area contributed by atoms with E-state index in [1.54, 1.807) is 13.0 Å². The van der Waals surface area contributed by atoms with E-state index in [0.29, 0.717) is 17.5 Å². The van der Waals surface area contributed by atoms with Crippen LogP contribution in [0.25, 0.3) is 0 Å². The minimum absolute atomic E-state index is 0.133. The number of rotatable bonds is 8. The van der Waals surface area contributed by atoms with Gasteiger partial charge in [0, 0.05) is 19.1 Å². The zero-order valence-electron chi connectivity index (χ0n) is 12.6. The number of hydrogen-bond acceptors (Lipinski definition) is 4. The number of carbonyl (C=O) groups excluding carboxylic acids is 2. The average Bonchev–Trinajstić information content (AvgIpc) is 3.16. The predicted octanol–water partition coefficient (Wildman–Crippen LogP) is 1.47. The quantitative estimate of drug-likeness (QED) is 0.764. The van der Waals surface area contributed by atoms with Crippen LogP contribution in [0.4, 0.5) is 0 Å². The van der Waals surface area contributed by atoms with Gasteiger partial charge in [0.2, 0.25) is 5.91 Å². The third-order valence-electron chi connectivity index (χ3n) is 3.65. The minimum Gasteiger partial charge on any atom is -0.353 e. The molecule has 1 aromatic rings. The molecular weight excluding hydrogens is 286 g/mol. The maximum Gasteiger partial charge on any atom is 0.261 e. The molecule has 1 aliphatic carbocycles. The Morgan fingerprint density at radius 2 is 2.24 bits per heavy atom. The molecule has 1 unspecified atom stereocenters. The van der Waals surface area contributed by atoms with Crippen LogP contribution in [0.5, 0.6) is 0 Å². The number of hydrogen-bond donors (Lipinski definition) is 2. The molecule has 1 aromatic heterocycles. The van der Waals surface area contributed by atoms with Crippen LogP contribution < -0.4 is 10.6 Å². The largest absolute Gasteiger partial charge is 0.353 e. The van der Waals surface area contributed by atoms with Crippen molar-refractivity contribution in [2.24, 2.45) is 0 Å². The lowest BCUT2D eigenvalue weighted by Gasteiger charge is -2.20. The van der Waals surface area contributed by atoms with Gasteiger partial charge < -0.3 is 10.6 Å². The van der Waals surface area contributed by atoms with Gasteiger partial charge in [0.05, 0.1) is 4.88 Å². The minimum atomic E-state index is -0.518. The summed E-state index contributed by atoms with van der Waals surface area (Å²) >= 11 is 1.37. The zero-order chi connectivity index (χ0) is 15.2. The molecule has 0 radical (unpaired) electrons. The van der Waals surface area contributed by atoms with E-state index in [2.05, 4.69) is 22.5 Å². The number of nitrogens with one attached hydrogen (secondary N) is 2. The van der Waals surface area contributed by atoms with Gasteiger partial charge in [0.1, 0.15) is 6.04 Å². The van der Waals surface area contributed by atoms with Crippen LogP contribution in [-0.4, -0.2) is 48.4 Å². The second kappa shape index (κ2) is 7.56. The van der Waals surface area contributed by atoms with Crippen molar-refractivity contribution >= 4 is 23.2 Å². The van der Waals surface area contributed by atoms with Gasteiger partial charge in [-0.1, -0.05) is 13.0 Å². The second-order valence-electron chi connectivity index (χ2n) is 5.32. The average molecular weight is 309 g/mol. The van der Waals surface area contributed by atoms with E-state index in [1.807, 2.05) is 11.4 Å². The summed E-state index contributed by atoms with van der Waals surface area (Å²) in [5.74, 6) is -0.326. The molecule has 0 spiro atoms. The Morgan fingerprint density at radius 1 is 1.48 bits per heavy atom. The van der Waals surface area contributed by atoms with Crippen LogP contribution in [-0.2, 0) is 4.79 Å². The molecule has 0 aromatic carbocycles. The van der Waals surface area contributed by atoms with Crippen molar-refractivity contribution in [1.29, 1.82) is 0 Å². The molecule has 2 amide bonds. The molecule has 1 fully saturated rings. The number of nitrogens with zero attached hydrogens (tertiary/aromatic N) is 1. The molecule has 2 N–H and O–H groups in total. The van der Waals surface area contributed by atoms with E-state index in [4.69, 9.17) is 0 Å². The molecule has 6 heteroatoms. The predicted molar refractivity (Wildman–Crippen MR) is 84.5 cm³/mol. The fourth-order valence-corrected chi connectivity index (χ4v) is 2.88. The first kappa shape index (κ1) is 16.0. The van der Waals surface area contributed by atoms with Crippen molar-refractivity contribution in [1.82, 2.24) is 15.5 Å². The molecular formula is C15H23N3O2S. The van der Waals surface area contributed by atoms with E-state index in [0.717, 1.165) is 13.1 Å². The monoisotopic (exact) mass is 309 g/mol. The molecule has 2 rings (SSSR count). The summed E-state index contributed by atoms with van der Waals surface area (Å²) in [6.07, 6.45) is 2.55. The van der Waals surface area contributed by atoms with Crippen molar-refractivity contribution in [3.05, 3.63) is 22.4 Å². The fraction of sp³-hybridized carbons (Fsp3) is 0.600. The van der Waals surface area contributed by atoms with E-state index in [1.165, 1.54) is 24.2 Å². The number of likely N-dealkylation sites (N-methyl/N-ethyl adjacent to an activating group) is 1. The van der Waals surface area contributed by atoms with Gasteiger partial charge in [0.15, 0.2) is 0 Å². The summed E-state index contributed by atoms with van der Waals surface area (Å²) in [7, 11) is 0. The van der Waals surface area contributed by atoms with Crippen molar-refractivity contribution in [3.8, 4) is 0 Å². The van der Waals surface area contributed by atoms with Gasteiger partial charge in [0.25, 0.3) is 5.91 Å². The molecule has 0 bridgehead atoms. The Morgan fingerprint density at radius 3 is 2.81 bits per heavy atom. The van der Waals surface area contributed by atoms with Crippen LogP contribution in [0.15, 0.2) is 17.5 Å². The molecule has 21 heavy (non-hydrogen) atoms. The van der Waals surface area contributed by atoms with Gasteiger partial charge in [-0.25, -0.2) is 0 Å². The lowest BCUT2D eigenvalue weighted by Crippen LogP contribution is -2.46. The maximum absolute atomic E-state index is 12.0. The Labute approximate surface area is 129 Å². The number of carbonyl (C=O) groups is 2. The molecule has 1 atom stereocenters. The molecule has 1 saturated carbocycles. The van der Waals surface area contributed by atoms with Crippen LogP contribution in [0.2, 0.25) is 0 Å². The Balaban J connectivity index is 1.68. The first-order chi connectivity index (χ1) is 10.1. The Bertz CT molecular complexity index is 471. The Hall–Kier alpha value is -1.40. The normalized spacial score (nSPS) is 15.8. The summed E-state index contributed by atoms with van der Waals surface area (Å²) < 4.78 is 0. The van der Waals surface area contributed by atoms with Crippen molar-refractivity contribution in [2.45, 2.75) is 38.8 Å². The van der Waals surface area contributed by atoms with Gasteiger partial charge in [-0.2, -0.15) is 0 Å². The highest BCUT2D eigenvalue weighted by Gasteiger charge is 2.27. The standard InChI is InChI=1S/C15H23N3O2S/c1-3-18(12-6-7-12)9-8-16-14(19)11(2)17-15(20)13-5-4-10-21-13/h4-5,10-12H,3,6-9H2,1-2H3,(H,16,19)(H,17,20). The van der Waals surface area contributed by atoms with Crippen molar-refractivity contribution in [3.63, 3.8) is 0 Å². The third-order valence-corrected chi connectivity index (χ3v) is 4.52. The summed E-state index contributed by atoms with van der Waals surface area (Å²) in [6, 6.07) is 3.76. The van der Waals surface area contributed by atoms with E-state index in [-0.39, 0.29) is 11.8 Å². The van der Waals surface area contributed by atoms with E-state index < -0.39 is 6.04 Å². The Kier molecular flexibility index (Phi) is 5.76. The molecule has 5 nitrogen and oxygen atoms in total. The smallest absolute Gasteiger partial charge is 0.261 e. The molecule has 0 saturated heterocycles. The summed E-state index contributed by atoms with van der Waals surface area (Å²) in [4.78, 5) is 26.8. The first-order valence-electron chi connectivity index (χ1n) is 7.48. The van der Waals surface area contributed by atoms with Crippen LogP contribution in [0.3, 0.4) is 0 Å². The molecule has 0 aliphatic heterocycles.